The van der Waals surface area contributed by atoms with Crippen LogP contribution >= 0.6 is 23.1 Å². The van der Waals surface area contributed by atoms with Gasteiger partial charge in [-0.05, 0) is 49.3 Å². The van der Waals surface area contributed by atoms with Crippen LogP contribution in [-0.2, 0) is 25.6 Å². The number of benzene rings is 2. The third-order valence-corrected chi connectivity index (χ3v) is 9.31. The molecule has 0 spiro atoms. The second-order valence-electron chi connectivity index (χ2n) is 11.6. The summed E-state index contributed by atoms with van der Waals surface area (Å²) in [6.07, 6.45) is 2.63. The predicted molar refractivity (Wildman–Crippen MR) is 179 cm³/mol. The van der Waals surface area contributed by atoms with E-state index in [1.54, 1.807) is 26.2 Å². The zero-order valence-electron chi connectivity index (χ0n) is 26.0. The average molecular weight is 652 g/mol. The second kappa shape index (κ2) is 15.9. The summed E-state index contributed by atoms with van der Waals surface area (Å²) in [5, 5.41) is 13.9. The minimum Gasteiger partial charge on any atom is -0.349 e. The maximum absolute atomic E-state index is 14.1. The van der Waals surface area contributed by atoms with Crippen molar-refractivity contribution in [3.05, 3.63) is 71.1 Å². The van der Waals surface area contributed by atoms with Gasteiger partial charge in [0.05, 0.1) is 18.2 Å². The van der Waals surface area contributed by atoms with Crippen LogP contribution in [0.2, 0.25) is 0 Å². The van der Waals surface area contributed by atoms with Crippen molar-refractivity contribution >= 4 is 62.7 Å². The number of hydrogen-bond acceptors (Lipinski definition) is 7. The molecule has 10 nitrogen and oxygen atoms in total. The molecule has 0 bridgehead atoms. The lowest BCUT2D eigenvalue weighted by molar-refractivity contribution is -0.134. The number of fused-ring (bicyclic) bond motifs is 1. The molecule has 5 amide bonds. The number of nitrogens with one attached hydrogen (secondary N) is 4. The van der Waals surface area contributed by atoms with Gasteiger partial charge in [-0.15, -0.1) is 11.3 Å². The van der Waals surface area contributed by atoms with Gasteiger partial charge in [0, 0.05) is 22.0 Å². The summed E-state index contributed by atoms with van der Waals surface area (Å²) in [6, 6.07) is 13.8. The Bertz CT molecular complexity index is 1510. The van der Waals surface area contributed by atoms with Gasteiger partial charge in [-0.25, -0.2) is 0 Å². The highest BCUT2D eigenvalue weighted by Gasteiger charge is 2.33. The molecule has 4 rings (SSSR count). The molecule has 1 aromatic heterocycles. The highest BCUT2D eigenvalue weighted by atomic mass is 32.2. The SMILES string of the molecule is CSCC[C@@H]1NC(=O)[C@H](C(C)C)NC(=O)CN(C(=O)c2csc3ccccc23)C[C@@H](Cc2ccccc2)NC(=O)[C@H](C)NC1=O. The number of hydrogen-bond donors (Lipinski definition) is 4. The smallest absolute Gasteiger partial charge is 0.255 e. The van der Waals surface area contributed by atoms with Crippen molar-refractivity contribution in [2.75, 3.05) is 25.1 Å². The zero-order chi connectivity index (χ0) is 32.5. The van der Waals surface area contributed by atoms with Gasteiger partial charge in [-0.3, -0.25) is 24.0 Å². The van der Waals surface area contributed by atoms with Crippen molar-refractivity contribution in [1.82, 2.24) is 26.2 Å². The van der Waals surface area contributed by atoms with Crippen molar-refractivity contribution in [2.24, 2.45) is 5.92 Å². The minimum atomic E-state index is -0.941. The molecule has 240 valence electrons. The lowest BCUT2D eigenvalue weighted by Gasteiger charge is -2.29. The molecule has 4 N–H and O–H groups in total. The Labute approximate surface area is 272 Å². The number of nitrogens with zero attached hydrogens (tertiary/aromatic N) is 1. The van der Waals surface area contributed by atoms with Gasteiger partial charge in [0.25, 0.3) is 5.91 Å². The van der Waals surface area contributed by atoms with E-state index in [1.165, 1.54) is 28.0 Å². The first-order valence-electron chi connectivity index (χ1n) is 15.1. The molecule has 45 heavy (non-hydrogen) atoms. The fourth-order valence-electron chi connectivity index (χ4n) is 5.26. The molecule has 0 aliphatic carbocycles. The standard InChI is InChI=1S/C33H41N5O5S2/c1-20(2)29-32(42)36-26(14-15-44-4)31(41)34-21(3)30(40)35-23(16-22-10-6-5-7-11-22)17-38(18-28(39)37-29)33(43)25-19-45-27-13-9-8-12-24(25)27/h5-13,19-21,23,26,29H,14-18H2,1-4H3,(H,34,41)(H,35,40)(H,36,42)(H,37,39)/t21-,23+,26-,29-/m0/s1. The Balaban J connectivity index is 1.72. The van der Waals surface area contributed by atoms with Crippen molar-refractivity contribution in [3.63, 3.8) is 0 Å². The molecule has 2 aromatic carbocycles. The molecule has 1 fully saturated rings. The molecule has 1 aliphatic rings. The van der Waals surface area contributed by atoms with Crippen LogP contribution in [0.3, 0.4) is 0 Å². The first-order chi connectivity index (χ1) is 21.6. The molecular weight excluding hydrogens is 611 g/mol. The van der Waals surface area contributed by atoms with Gasteiger partial charge in [0.15, 0.2) is 0 Å². The van der Waals surface area contributed by atoms with Crippen LogP contribution in [0.1, 0.15) is 43.1 Å². The number of carbonyl (C=O) groups is 5. The number of thioether (sulfide) groups is 1. The number of amides is 5. The van der Waals surface area contributed by atoms with E-state index in [0.29, 0.717) is 24.2 Å². The Morgan fingerprint density at radius 3 is 2.36 bits per heavy atom. The van der Waals surface area contributed by atoms with Crippen LogP contribution in [0.25, 0.3) is 10.1 Å². The van der Waals surface area contributed by atoms with E-state index in [4.69, 9.17) is 0 Å². The van der Waals surface area contributed by atoms with E-state index in [2.05, 4.69) is 21.3 Å². The monoisotopic (exact) mass is 651 g/mol. The normalized spacial score (nSPS) is 22.2. The molecule has 2 heterocycles. The number of carbonyl (C=O) groups excluding carboxylic acids is 5. The minimum absolute atomic E-state index is 0.0205. The Kier molecular flexibility index (Phi) is 12.0. The maximum Gasteiger partial charge on any atom is 0.255 e. The van der Waals surface area contributed by atoms with Crippen LogP contribution in [0.15, 0.2) is 60.0 Å². The van der Waals surface area contributed by atoms with Gasteiger partial charge >= 0.3 is 0 Å². The number of rotatable bonds is 7. The second-order valence-corrected chi connectivity index (χ2v) is 13.5. The lowest BCUT2D eigenvalue weighted by Crippen LogP contribution is -2.57. The lowest BCUT2D eigenvalue weighted by atomic mass is 10.0. The molecule has 3 aromatic rings. The fourth-order valence-corrected chi connectivity index (χ4v) is 6.66. The molecular formula is C33H41N5O5S2. The Morgan fingerprint density at radius 2 is 1.64 bits per heavy atom. The topological polar surface area (TPSA) is 137 Å². The zero-order valence-corrected chi connectivity index (χ0v) is 27.6. The molecule has 1 aliphatic heterocycles. The van der Waals surface area contributed by atoms with Crippen molar-refractivity contribution in [2.45, 2.75) is 57.8 Å². The van der Waals surface area contributed by atoms with E-state index in [0.717, 1.165) is 15.6 Å². The first kappa shape index (κ1) is 34.0. The quantitative estimate of drug-likeness (QED) is 0.310. The van der Waals surface area contributed by atoms with Crippen molar-refractivity contribution in [3.8, 4) is 0 Å². The van der Waals surface area contributed by atoms with Gasteiger partial charge in [-0.1, -0.05) is 62.4 Å². The summed E-state index contributed by atoms with van der Waals surface area (Å²) in [4.78, 5) is 69.3. The van der Waals surface area contributed by atoms with Gasteiger partial charge in [0.1, 0.15) is 18.1 Å². The van der Waals surface area contributed by atoms with Gasteiger partial charge in [0.2, 0.25) is 23.6 Å². The average Bonchev–Trinajstić information content (AvgIpc) is 3.45. The summed E-state index contributed by atoms with van der Waals surface area (Å²) in [7, 11) is 0. The van der Waals surface area contributed by atoms with E-state index in [-0.39, 0.29) is 24.9 Å². The van der Waals surface area contributed by atoms with E-state index in [1.807, 2.05) is 60.9 Å². The first-order valence-corrected chi connectivity index (χ1v) is 17.3. The van der Waals surface area contributed by atoms with E-state index >= 15 is 0 Å². The summed E-state index contributed by atoms with van der Waals surface area (Å²) in [5.41, 5.74) is 1.39. The third kappa shape index (κ3) is 9.07. The van der Waals surface area contributed by atoms with Crippen LogP contribution in [0.4, 0.5) is 0 Å². The molecule has 0 saturated carbocycles. The summed E-state index contributed by atoms with van der Waals surface area (Å²) < 4.78 is 0.940. The molecule has 1 saturated heterocycles. The Hall–Kier alpha value is -3.90. The van der Waals surface area contributed by atoms with E-state index in [9.17, 15) is 24.0 Å². The molecule has 12 heteroatoms. The summed E-state index contributed by atoms with van der Waals surface area (Å²) >= 11 is 2.97. The van der Waals surface area contributed by atoms with Crippen LogP contribution in [0.5, 0.6) is 0 Å². The molecule has 0 radical (unpaired) electrons. The maximum atomic E-state index is 14.1. The van der Waals surface area contributed by atoms with Crippen LogP contribution in [0, 0.1) is 5.92 Å². The summed E-state index contributed by atoms with van der Waals surface area (Å²) in [6.45, 7) is 4.88. The summed E-state index contributed by atoms with van der Waals surface area (Å²) in [5.74, 6) is -2.00. The highest BCUT2D eigenvalue weighted by molar-refractivity contribution is 7.98. The van der Waals surface area contributed by atoms with Crippen molar-refractivity contribution < 1.29 is 24.0 Å². The Morgan fingerprint density at radius 1 is 0.933 bits per heavy atom. The van der Waals surface area contributed by atoms with Crippen molar-refractivity contribution in [1.29, 1.82) is 0 Å². The van der Waals surface area contributed by atoms with Crippen LogP contribution < -0.4 is 21.3 Å². The van der Waals surface area contributed by atoms with Gasteiger partial charge in [-0.2, -0.15) is 11.8 Å². The van der Waals surface area contributed by atoms with Crippen LogP contribution in [-0.4, -0.2) is 83.7 Å². The number of thiophene rings is 1. The molecule has 4 atom stereocenters. The van der Waals surface area contributed by atoms with Gasteiger partial charge < -0.3 is 26.2 Å². The largest absolute Gasteiger partial charge is 0.349 e. The molecule has 0 unspecified atom stereocenters. The predicted octanol–water partition coefficient (Wildman–Crippen LogP) is 2.97. The fraction of sp³-hybridized carbons (Fsp3) is 0.424. The third-order valence-electron chi connectivity index (χ3n) is 7.71. The van der Waals surface area contributed by atoms with E-state index < -0.39 is 47.8 Å². The highest BCUT2D eigenvalue weighted by Crippen LogP contribution is 2.27.